The molecular formula is C74H144O17P2. The lowest BCUT2D eigenvalue weighted by atomic mass is 9.99. The summed E-state index contributed by atoms with van der Waals surface area (Å²) in [6.45, 7) is 9.60. The number of phosphoric acid groups is 2. The number of aliphatic hydroxyl groups excluding tert-OH is 1. The van der Waals surface area contributed by atoms with Crippen LogP contribution in [-0.2, 0) is 65.4 Å². The molecule has 0 fully saturated rings. The van der Waals surface area contributed by atoms with Crippen molar-refractivity contribution in [2.24, 2.45) is 11.8 Å². The topological polar surface area (TPSA) is 237 Å². The summed E-state index contributed by atoms with van der Waals surface area (Å²) in [5, 5.41) is 10.6. The largest absolute Gasteiger partial charge is 0.472 e. The van der Waals surface area contributed by atoms with Crippen LogP contribution < -0.4 is 0 Å². The first kappa shape index (κ1) is 91.1. The number of aliphatic hydroxyl groups is 1. The van der Waals surface area contributed by atoms with Gasteiger partial charge in [-0.2, -0.15) is 0 Å². The second-order valence-electron chi connectivity index (χ2n) is 27.4. The molecule has 0 bridgehead atoms. The van der Waals surface area contributed by atoms with Gasteiger partial charge < -0.3 is 33.8 Å². The summed E-state index contributed by atoms with van der Waals surface area (Å²) in [4.78, 5) is 72.6. The molecule has 0 amide bonds. The van der Waals surface area contributed by atoms with E-state index in [0.29, 0.717) is 25.7 Å². The lowest BCUT2D eigenvalue weighted by Crippen LogP contribution is -2.30. The number of hydrogen-bond acceptors (Lipinski definition) is 15. The average Bonchev–Trinajstić information content (AvgIpc) is 3.06. The number of carbonyl (C=O) groups excluding carboxylic acids is 4. The molecule has 0 aliphatic heterocycles. The van der Waals surface area contributed by atoms with E-state index in [2.05, 4.69) is 41.5 Å². The van der Waals surface area contributed by atoms with E-state index in [1.54, 1.807) is 0 Å². The Balaban J connectivity index is 5.18. The minimum Gasteiger partial charge on any atom is -0.462 e. The molecule has 0 spiro atoms. The van der Waals surface area contributed by atoms with E-state index < -0.39 is 97.5 Å². The standard InChI is InChI=1S/C74H144O17P2/c1-7-10-12-14-16-18-31-38-44-50-56-71(76)84-62-69(90-73(78)58-52-46-40-32-19-17-15-13-11-8-2)64-88-92(80,81)86-60-68(75)61-87-93(82,83)89-65-70(63-85-72(77)57-51-45-39-35-34-37-43-49-55-67(6)9-3)91-74(79)59-53-47-41-33-29-27-25-23-21-20-22-24-26-28-30-36-42-48-54-66(4)5/h66-70,75H,7-65H2,1-6H3,(H,80,81)(H,82,83)/t67?,68-,69+,70+/m0/s1. The number of phosphoric ester groups is 2. The van der Waals surface area contributed by atoms with Crippen LogP contribution in [0.5, 0.6) is 0 Å². The quantitative estimate of drug-likeness (QED) is 0.0222. The fourth-order valence-corrected chi connectivity index (χ4v) is 12.8. The third-order valence-electron chi connectivity index (χ3n) is 17.6. The van der Waals surface area contributed by atoms with Crippen LogP contribution in [0.4, 0.5) is 0 Å². The number of rotatable bonds is 73. The van der Waals surface area contributed by atoms with Crippen molar-refractivity contribution in [2.75, 3.05) is 39.6 Å². The first-order valence-electron chi connectivity index (χ1n) is 38.5. The van der Waals surface area contributed by atoms with Crippen molar-refractivity contribution in [3.05, 3.63) is 0 Å². The molecule has 0 aromatic carbocycles. The van der Waals surface area contributed by atoms with Gasteiger partial charge in [-0.3, -0.25) is 37.3 Å². The molecular weight excluding hydrogens is 1220 g/mol. The molecule has 0 radical (unpaired) electrons. The van der Waals surface area contributed by atoms with E-state index >= 15 is 0 Å². The highest BCUT2D eigenvalue weighted by molar-refractivity contribution is 7.47. The Kier molecular flexibility index (Phi) is 64.6. The van der Waals surface area contributed by atoms with Crippen molar-refractivity contribution in [2.45, 2.75) is 400 Å². The van der Waals surface area contributed by atoms with Crippen molar-refractivity contribution in [3.63, 3.8) is 0 Å². The second kappa shape index (κ2) is 66.0. The minimum atomic E-state index is -4.95. The summed E-state index contributed by atoms with van der Waals surface area (Å²) >= 11 is 0. The number of hydrogen-bond donors (Lipinski definition) is 3. The molecule has 3 unspecified atom stereocenters. The first-order chi connectivity index (χ1) is 44.9. The van der Waals surface area contributed by atoms with Crippen LogP contribution in [0.15, 0.2) is 0 Å². The molecule has 0 saturated heterocycles. The van der Waals surface area contributed by atoms with E-state index in [0.717, 1.165) is 102 Å². The van der Waals surface area contributed by atoms with Gasteiger partial charge in [0.1, 0.15) is 19.3 Å². The van der Waals surface area contributed by atoms with Gasteiger partial charge in [0, 0.05) is 25.7 Å². The molecule has 552 valence electrons. The average molecular weight is 1370 g/mol. The molecule has 19 heteroatoms. The number of ether oxygens (including phenoxy) is 4. The van der Waals surface area contributed by atoms with Crippen molar-refractivity contribution in [3.8, 4) is 0 Å². The second-order valence-corrected chi connectivity index (χ2v) is 30.3. The van der Waals surface area contributed by atoms with Crippen molar-refractivity contribution >= 4 is 39.5 Å². The monoisotopic (exact) mass is 1370 g/mol. The van der Waals surface area contributed by atoms with Gasteiger partial charge in [-0.15, -0.1) is 0 Å². The van der Waals surface area contributed by atoms with Gasteiger partial charge in [-0.05, 0) is 37.5 Å². The summed E-state index contributed by atoms with van der Waals surface area (Å²) in [6, 6.07) is 0. The minimum absolute atomic E-state index is 0.107. The van der Waals surface area contributed by atoms with Crippen LogP contribution in [0, 0.1) is 11.8 Å². The van der Waals surface area contributed by atoms with Gasteiger partial charge in [-0.1, -0.05) is 330 Å². The Bertz CT molecular complexity index is 1810. The molecule has 0 aromatic rings. The molecule has 3 N–H and O–H groups in total. The van der Waals surface area contributed by atoms with Crippen molar-refractivity contribution < 1.29 is 80.2 Å². The van der Waals surface area contributed by atoms with Crippen LogP contribution >= 0.6 is 15.6 Å². The first-order valence-corrected chi connectivity index (χ1v) is 41.5. The lowest BCUT2D eigenvalue weighted by molar-refractivity contribution is -0.161. The smallest absolute Gasteiger partial charge is 0.462 e. The molecule has 0 heterocycles. The van der Waals surface area contributed by atoms with E-state index in [-0.39, 0.29) is 25.7 Å². The van der Waals surface area contributed by atoms with Gasteiger partial charge >= 0.3 is 39.5 Å². The molecule has 93 heavy (non-hydrogen) atoms. The molecule has 0 saturated carbocycles. The maximum atomic E-state index is 13.1. The normalized spacial score (nSPS) is 14.3. The van der Waals surface area contributed by atoms with E-state index in [1.165, 1.54) is 199 Å². The maximum absolute atomic E-state index is 13.1. The summed E-state index contributed by atoms with van der Waals surface area (Å²) in [6.07, 6.45) is 52.7. The van der Waals surface area contributed by atoms with Crippen molar-refractivity contribution in [1.29, 1.82) is 0 Å². The molecule has 0 aliphatic rings. The van der Waals surface area contributed by atoms with Crippen LogP contribution in [0.25, 0.3) is 0 Å². The molecule has 0 aliphatic carbocycles. The summed E-state index contributed by atoms with van der Waals surface area (Å²) in [5.74, 6) is -0.522. The van der Waals surface area contributed by atoms with E-state index in [1.807, 2.05) is 0 Å². The Morgan fingerprint density at radius 2 is 0.548 bits per heavy atom. The summed E-state index contributed by atoms with van der Waals surface area (Å²) in [7, 11) is -9.90. The highest BCUT2D eigenvalue weighted by Gasteiger charge is 2.30. The zero-order valence-corrected chi connectivity index (χ0v) is 62.3. The zero-order valence-electron chi connectivity index (χ0n) is 60.6. The van der Waals surface area contributed by atoms with Gasteiger partial charge in [0.05, 0.1) is 26.4 Å². The predicted octanol–water partition coefficient (Wildman–Crippen LogP) is 21.6. The molecule has 17 nitrogen and oxygen atoms in total. The zero-order chi connectivity index (χ0) is 68.6. The fourth-order valence-electron chi connectivity index (χ4n) is 11.3. The van der Waals surface area contributed by atoms with Crippen LogP contribution in [0.2, 0.25) is 0 Å². The van der Waals surface area contributed by atoms with Crippen LogP contribution in [-0.4, -0.2) is 96.7 Å². The van der Waals surface area contributed by atoms with Crippen molar-refractivity contribution in [1.82, 2.24) is 0 Å². The lowest BCUT2D eigenvalue weighted by Gasteiger charge is -2.21. The van der Waals surface area contributed by atoms with E-state index in [9.17, 15) is 43.2 Å². The van der Waals surface area contributed by atoms with Crippen LogP contribution in [0.1, 0.15) is 382 Å². The van der Waals surface area contributed by atoms with Gasteiger partial charge in [-0.25, -0.2) is 9.13 Å². The Morgan fingerprint density at radius 1 is 0.312 bits per heavy atom. The molecule has 0 aromatic heterocycles. The summed E-state index contributed by atoms with van der Waals surface area (Å²) in [5.41, 5.74) is 0. The Hall–Kier alpha value is -1.94. The number of unbranched alkanes of at least 4 members (excludes halogenated alkanes) is 42. The Labute approximate surface area is 568 Å². The van der Waals surface area contributed by atoms with Gasteiger partial charge in [0.2, 0.25) is 0 Å². The highest BCUT2D eigenvalue weighted by Crippen LogP contribution is 2.45. The third kappa shape index (κ3) is 67.0. The number of esters is 4. The molecule has 0 rings (SSSR count). The SMILES string of the molecule is CCCCCCCCCCCCC(=O)OC[C@H](COP(=O)(O)OC[C@H](O)COP(=O)(O)OC[C@@H](COC(=O)CCCCCCCCCCC(C)CC)OC(=O)CCCCCCCCCCCCCCCCCCCCC(C)C)OC(=O)CCCCCCCCCCCC. The highest BCUT2D eigenvalue weighted by atomic mass is 31.2. The maximum Gasteiger partial charge on any atom is 0.472 e. The van der Waals surface area contributed by atoms with E-state index in [4.69, 9.17) is 37.0 Å². The number of carbonyl (C=O) groups is 4. The molecule has 6 atom stereocenters. The Morgan fingerprint density at radius 3 is 0.817 bits per heavy atom. The van der Waals surface area contributed by atoms with Crippen LogP contribution in [0.3, 0.4) is 0 Å². The predicted molar refractivity (Wildman–Crippen MR) is 377 cm³/mol. The fraction of sp³-hybridized carbons (Fsp3) is 0.946. The van der Waals surface area contributed by atoms with Gasteiger partial charge in [0.25, 0.3) is 0 Å². The van der Waals surface area contributed by atoms with Gasteiger partial charge in [0.15, 0.2) is 12.2 Å². The summed E-state index contributed by atoms with van der Waals surface area (Å²) < 4.78 is 68.4. The third-order valence-corrected chi connectivity index (χ3v) is 19.5.